The highest BCUT2D eigenvalue weighted by atomic mass is 35.5. The summed E-state index contributed by atoms with van der Waals surface area (Å²) in [4.78, 5) is -0.299. The Hall–Kier alpha value is -0.870. The zero-order valence-corrected chi connectivity index (χ0v) is 13.6. The molecule has 0 aliphatic carbocycles. The van der Waals surface area contributed by atoms with Crippen LogP contribution in [0.2, 0.25) is 10.0 Å². The largest absolute Gasteiger partial charge is 0.244 e. The fraction of sp³-hybridized carbons (Fsp3) is 0.462. The summed E-state index contributed by atoms with van der Waals surface area (Å²) in [6.07, 6.45) is 0.854. The summed E-state index contributed by atoms with van der Waals surface area (Å²) in [5.41, 5.74) is -0.527. The predicted octanol–water partition coefficient (Wildman–Crippen LogP) is 3.45. The zero-order chi connectivity index (χ0) is 15.8. The summed E-state index contributed by atoms with van der Waals surface area (Å²) in [5, 5.41) is 8.33. The highest BCUT2D eigenvalue weighted by Crippen LogP contribution is 2.35. The van der Waals surface area contributed by atoms with E-state index in [1.807, 2.05) is 0 Å². The van der Waals surface area contributed by atoms with Gasteiger partial charge in [0.15, 0.2) is 5.82 Å². The first-order chi connectivity index (χ1) is 9.71. The van der Waals surface area contributed by atoms with E-state index in [9.17, 15) is 12.8 Å². The van der Waals surface area contributed by atoms with Crippen molar-refractivity contribution < 1.29 is 12.8 Å². The quantitative estimate of drug-likeness (QED) is 0.767. The van der Waals surface area contributed by atoms with E-state index >= 15 is 0 Å². The lowest BCUT2D eigenvalue weighted by atomic mass is 9.83. The molecule has 8 heteroatoms. The van der Waals surface area contributed by atoms with Crippen molar-refractivity contribution in [2.75, 3.05) is 13.1 Å². The molecule has 0 aromatic heterocycles. The molecule has 1 aromatic rings. The molecular weight excluding hydrogens is 338 g/mol. The second-order valence-electron chi connectivity index (χ2n) is 5.25. The van der Waals surface area contributed by atoms with Crippen molar-refractivity contribution in [2.24, 2.45) is 5.41 Å². The number of benzene rings is 1. The number of nitrogens with zero attached hydrogens (tertiary/aromatic N) is 2. The van der Waals surface area contributed by atoms with Gasteiger partial charge in [0.05, 0.1) is 21.5 Å². The van der Waals surface area contributed by atoms with Crippen LogP contribution in [0.25, 0.3) is 0 Å². The number of halogens is 3. The molecule has 0 amide bonds. The molecule has 0 unspecified atom stereocenters. The Bertz CT molecular complexity index is 708. The van der Waals surface area contributed by atoms with E-state index in [1.54, 1.807) is 6.92 Å². The number of rotatable bonds is 2. The van der Waals surface area contributed by atoms with Crippen LogP contribution in [0.3, 0.4) is 0 Å². The van der Waals surface area contributed by atoms with Gasteiger partial charge < -0.3 is 0 Å². The van der Waals surface area contributed by atoms with Gasteiger partial charge in [-0.2, -0.15) is 9.57 Å². The maximum Gasteiger partial charge on any atom is 0.244 e. The standard InChI is InChI=1S/C13H13Cl2FN2O2S/c1-13(8-17)4-6-18(7-5-13)21(19,20)10-3-2-9(14)12(16)11(10)15/h2-3H,4-7H2,1H3. The van der Waals surface area contributed by atoms with Crippen LogP contribution in [0.15, 0.2) is 17.0 Å². The van der Waals surface area contributed by atoms with Gasteiger partial charge >= 0.3 is 0 Å². The first-order valence-electron chi connectivity index (χ1n) is 6.26. The zero-order valence-electron chi connectivity index (χ0n) is 11.2. The molecule has 1 aliphatic rings. The summed E-state index contributed by atoms with van der Waals surface area (Å²) >= 11 is 11.3. The van der Waals surface area contributed by atoms with Crippen molar-refractivity contribution in [1.82, 2.24) is 4.31 Å². The monoisotopic (exact) mass is 350 g/mol. The molecule has 2 rings (SSSR count). The van der Waals surface area contributed by atoms with Crippen molar-refractivity contribution in [3.63, 3.8) is 0 Å². The number of sulfonamides is 1. The first kappa shape index (κ1) is 16.5. The summed E-state index contributed by atoms with van der Waals surface area (Å²) in [6.45, 7) is 2.20. The Kier molecular flexibility index (Phi) is 4.50. The minimum absolute atomic E-state index is 0.201. The summed E-state index contributed by atoms with van der Waals surface area (Å²) < 4.78 is 39.9. The molecular formula is C13H13Cl2FN2O2S. The van der Waals surface area contributed by atoms with Gasteiger partial charge in [-0.1, -0.05) is 23.2 Å². The van der Waals surface area contributed by atoms with Crippen LogP contribution in [0.5, 0.6) is 0 Å². The van der Waals surface area contributed by atoms with E-state index in [-0.39, 0.29) is 23.0 Å². The van der Waals surface area contributed by atoms with E-state index in [4.69, 9.17) is 28.5 Å². The molecule has 0 radical (unpaired) electrons. The van der Waals surface area contributed by atoms with Gasteiger partial charge in [-0.15, -0.1) is 0 Å². The number of hydrogen-bond acceptors (Lipinski definition) is 3. The molecule has 1 saturated heterocycles. The Balaban J connectivity index is 2.33. The van der Waals surface area contributed by atoms with E-state index in [0.29, 0.717) is 12.8 Å². The number of nitriles is 1. The molecule has 0 N–H and O–H groups in total. The van der Waals surface area contributed by atoms with Gasteiger partial charge in [0.25, 0.3) is 0 Å². The third-order valence-corrected chi connectivity index (χ3v) is 6.43. The summed E-state index contributed by atoms with van der Waals surface area (Å²) in [6, 6.07) is 4.56. The molecule has 0 atom stereocenters. The molecule has 0 bridgehead atoms. The van der Waals surface area contributed by atoms with Gasteiger partial charge in [0.1, 0.15) is 4.90 Å². The van der Waals surface area contributed by atoms with E-state index in [2.05, 4.69) is 6.07 Å². The van der Waals surface area contributed by atoms with Crippen LogP contribution in [-0.2, 0) is 10.0 Å². The first-order valence-corrected chi connectivity index (χ1v) is 8.46. The fourth-order valence-electron chi connectivity index (χ4n) is 2.18. The summed E-state index contributed by atoms with van der Waals surface area (Å²) in [5.74, 6) is -0.946. The van der Waals surface area contributed by atoms with Crippen LogP contribution in [0.1, 0.15) is 19.8 Å². The van der Waals surface area contributed by atoms with E-state index in [0.717, 1.165) is 0 Å². The summed E-state index contributed by atoms with van der Waals surface area (Å²) in [7, 11) is -3.90. The van der Waals surface area contributed by atoms with Crippen LogP contribution < -0.4 is 0 Å². The normalized spacial score (nSPS) is 19.2. The Morgan fingerprint density at radius 3 is 2.43 bits per heavy atom. The van der Waals surface area contributed by atoms with Gasteiger partial charge in [-0.25, -0.2) is 12.8 Å². The molecule has 114 valence electrons. The van der Waals surface area contributed by atoms with Gasteiger partial charge in [0.2, 0.25) is 10.0 Å². The van der Waals surface area contributed by atoms with E-state index < -0.39 is 26.3 Å². The Labute approximate surface area is 133 Å². The van der Waals surface area contributed by atoms with Crippen molar-refractivity contribution in [3.8, 4) is 6.07 Å². The van der Waals surface area contributed by atoms with Gasteiger partial charge in [-0.3, -0.25) is 0 Å². The molecule has 4 nitrogen and oxygen atoms in total. The lowest BCUT2D eigenvalue weighted by molar-refractivity contribution is 0.232. The van der Waals surface area contributed by atoms with Crippen LogP contribution in [0, 0.1) is 22.6 Å². The third-order valence-electron chi connectivity index (χ3n) is 3.71. The highest BCUT2D eigenvalue weighted by molar-refractivity contribution is 7.89. The predicted molar refractivity (Wildman–Crippen MR) is 78.1 cm³/mol. The Morgan fingerprint density at radius 2 is 1.90 bits per heavy atom. The SMILES string of the molecule is CC1(C#N)CCN(S(=O)(=O)c2ccc(Cl)c(F)c2Cl)CC1. The highest BCUT2D eigenvalue weighted by Gasteiger charge is 2.36. The smallest absolute Gasteiger partial charge is 0.207 e. The maximum atomic E-state index is 13.7. The molecule has 0 spiro atoms. The molecule has 1 fully saturated rings. The topological polar surface area (TPSA) is 61.2 Å². The number of hydrogen-bond donors (Lipinski definition) is 0. The van der Waals surface area contributed by atoms with Gasteiger partial charge in [0, 0.05) is 13.1 Å². The average Bonchev–Trinajstić information content (AvgIpc) is 2.45. The minimum Gasteiger partial charge on any atom is -0.207 e. The lowest BCUT2D eigenvalue weighted by Gasteiger charge is -2.34. The third kappa shape index (κ3) is 3.02. The second kappa shape index (κ2) is 5.73. The maximum absolute atomic E-state index is 13.7. The second-order valence-corrected chi connectivity index (χ2v) is 7.94. The lowest BCUT2D eigenvalue weighted by Crippen LogP contribution is -2.41. The van der Waals surface area contributed by atoms with Crippen molar-refractivity contribution in [3.05, 3.63) is 28.0 Å². The number of piperidine rings is 1. The van der Waals surface area contributed by atoms with Crippen LogP contribution in [0.4, 0.5) is 4.39 Å². The van der Waals surface area contributed by atoms with Gasteiger partial charge in [-0.05, 0) is 31.9 Å². The minimum atomic E-state index is -3.90. The van der Waals surface area contributed by atoms with E-state index in [1.165, 1.54) is 16.4 Å². The molecule has 1 heterocycles. The van der Waals surface area contributed by atoms with Crippen molar-refractivity contribution >= 4 is 33.2 Å². The average molecular weight is 351 g/mol. The molecule has 21 heavy (non-hydrogen) atoms. The Morgan fingerprint density at radius 1 is 1.33 bits per heavy atom. The fourth-order valence-corrected chi connectivity index (χ4v) is 4.34. The molecule has 1 aromatic carbocycles. The van der Waals surface area contributed by atoms with Crippen molar-refractivity contribution in [1.29, 1.82) is 5.26 Å². The van der Waals surface area contributed by atoms with Crippen LogP contribution in [-0.4, -0.2) is 25.8 Å². The van der Waals surface area contributed by atoms with Crippen LogP contribution >= 0.6 is 23.2 Å². The van der Waals surface area contributed by atoms with Crippen molar-refractivity contribution in [2.45, 2.75) is 24.7 Å². The molecule has 0 saturated carbocycles. The molecule has 1 aliphatic heterocycles.